The molecule has 0 aromatic heterocycles. The van der Waals surface area contributed by atoms with Crippen LogP contribution in [-0.2, 0) is 0 Å². The molecule has 0 N–H and O–H groups in total. The quantitative estimate of drug-likeness (QED) is 0.844. The average molecular weight is 273 g/mol. The standard InChI is InChI=1S/C16H23N3O/c1-13(2)20-15-6-4-14(5-7-15)16(12-17)19-10-8-18(3)9-11-19/h4-7,13,16H,8-11H2,1-3H3. The maximum absolute atomic E-state index is 9.48. The minimum absolute atomic E-state index is 0.156. The zero-order valence-corrected chi connectivity index (χ0v) is 12.5. The van der Waals surface area contributed by atoms with Crippen LogP contribution in [0.3, 0.4) is 0 Å². The first-order valence-corrected chi connectivity index (χ1v) is 7.19. The van der Waals surface area contributed by atoms with Crippen molar-refractivity contribution < 1.29 is 4.74 Å². The predicted molar refractivity (Wildman–Crippen MR) is 79.6 cm³/mol. The van der Waals surface area contributed by atoms with Gasteiger partial charge in [-0.15, -0.1) is 0 Å². The molecule has 1 fully saturated rings. The number of piperazine rings is 1. The summed E-state index contributed by atoms with van der Waals surface area (Å²) in [5.74, 6) is 0.860. The molecule has 1 unspecified atom stereocenters. The molecule has 1 atom stereocenters. The van der Waals surface area contributed by atoms with E-state index in [0.29, 0.717) is 0 Å². The van der Waals surface area contributed by atoms with Crippen LogP contribution in [0, 0.1) is 11.3 Å². The molecule has 0 radical (unpaired) electrons. The molecule has 1 saturated heterocycles. The average Bonchev–Trinajstić information content (AvgIpc) is 2.43. The Morgan fingerprint density at radius 2 is 1.70 bits per heavy atom. The molecule has 0 aliphatic carbocycles. The molecule has 0 spiro atoms. The van der Waals surface area contributed by atoms with Crippen molar-refractivity contribution in [3.8, 4) is 11.8 Å². The first-order chi connectivity index (χ1) is 9.60. The molecule has 1 aromatic rings. The van der Waals surface area contributed by atoms with E-state index >= 15 is 0 Å². The van der Waals surface area contributed by atoms with Crippen molar-refractivity contribution in [2.75, 3.05) is 33.2 Å². The Bertz CT molecular complexity index is 456. The first-order valence-electron chi connectivity index (χ1n) is 7.19. The predicted octanol–water partition coefficient (Wildman–Crippen LogP) is 2.29. The van der Waals surface area contributed by atoms with Gasteiger partial charge in [-0.2, -0.15) is 5.26 Å². The summed E-state index contributed by atoms with van der Waals surface area (Å²) in [4.78, 5) is 4.54. The lowest BCUT2D eigenvalue weighted by atomic mass is 10.1. The van der Waals surface area contributed by atoms with Crippen molar-refractivity contribution in [2.24, 2.45) is 0 Å². The van der Waals surface area contributed by atoms with E-state index in [1.165, 1.54) is 0 Å². The zero-order valence-electron chi connectivity index (χ0n) is 12.5. The molecule has 4 heteroatoms. The van der Waals surface area contributed by atoms with Crippen molar-refractivity contribution >= 4 is 0 Å². The van der Waals surface area contributed by atoms with Gasteiger partial charge in [0.25, 0.3) is 0 Å². The van der Waals surface area contributed by atoms with Crippen LogP contribution in [0.1, 0.15) is 25.5 Å². The van der Waals surface area contributed by atoms with E-state index in [-0.39, 0.29) is 12.1 Å². The van der Waals surface area contributed by atoms with Gasteiger partial charge in [-0.3, -0.25) is 4.90 Å². The number of hydrogen-bond donors (Lipinski definition) is 0. The third kappa shape index (κ3) is 3.72. The molecule has 1 aliphatic heterocycles. The van der Waals surface area contributed by atoms with E-state index in [2.05, 4.69) is 22.9 Å². The van der Waals surface area contributed by atoms with Crippen molar-refractivity contribution in [2.45, 2.75) is 26.0 Å². The Balaban J connectivity index is 2.06. The van der Waals surface area contributed by atoms with E-state index in [4.69, 9.17) is 4.74 Å². The summed E-state index contributed by atoms with van der Waals surface area (Å²) < 4.78 is 5.64. The summed E-state index contributed by atoms with van der Waals surface area (Å²) in [5, 5.41) is 9.48. The molecule has 20 heavy (non-hydrogen) atoms. The fourth-order valence-corrected chi connectivity index (χ4v) is 2.45. The summed E-state index contributed by atoms with van der Waals surface area (Å²) in [6.45, 7) is 7.95. The minimum atomic E-state index is -0.156. The van der Waals surface area contributed by atoms with E-state index in [1.54, 1.807) is 0 Å². The highest BCUT2D eigenvalue weighted by Crippen LogP contribution is 2.24. The third-order valence-electron chi connectivity index (χ3n) is 3.59. The molecule has 1 heterocycles. The molecular formula is C16H23N3O. The normalized spacial score (nSPS) is 18.8. The summed E-state index contributed by atoms with van der Waals surface area (Å²) in [6, 6.07) is 10.2. The number of ether oxygens (including phenoxy) is 1. The smallest absolute Gasteiger partial charge is 0.123 e. The molecule has 2 rings (SSSR count). The topological polar surface area (TPSA) is 39.5 Å². The van der Waals surface area contributed by atoms with Gasteiger partial charge < -0.3 is 9.64 Å². The lowest BCUT2D eigenvalue weighted by molar-refractivity contribution is 0.133. The number of likely N-dealkylation sites (N-methyl/N-ethyl adjacent to an activating group) is 1. The second-order valence-corrected chi connectivity index (χ2v) is 5.61. The maximum atomic E-state index is 9.48. The summed E-state index contributed by atoms with van der Waals surface area (Å²) in [6.07, 6.45) is 0.172. The van der Waals surface area contributed by atoms with Gasteiger partial charge in [-0.25, -0.2) is 0 Å². The fraction of sp³-hybridized carbons (Fsp3) is 0.562. The third-order valence-corrected chi connectivity index (χ3v) is 3.59. The van der Waals surface area contributed by atoms with Crippen LogP contribution in [-0.4, -0.2) is 49.1 Å². The fourth-order valence-electron chi connectivity index (χ4n) is 2.45. The summed E-state index contributed by atoms with van der Waals surface area (Å²) in [7, 11) is 2.12. The molecule has 0 bridgehead atoms. The molecule has 1 aliphatic rings. The van der Waals surface area contributed by atoms with Crippen LogP contribution in [0.5, 0.6) is 5.75 Å². The SMILES string of the molecule is CC(C)Oc1ccc(C(C#N)N2CCN(C)CC2)cc1. The van der Waals surface area contributed by atoms with Crippen LogP contribution in [0.25, 0.3) is 0 Å². The van der Waals surface area contributed by atoms with Crippen LogP contribution in [0.4, 0.5) is 0 Å². The molecule has 0 saturated carbocycles. The first kappa shape index (κ1) is 14.8. The van der Waals surface area contributed by atoms with Crippen LogP contribution < -0.4 is 4.74 Å². The highest BCUT2D eigenvalue weighted by molar-refractivity contribution is 5.32. The van der Waals surface area contributed by atoms with Gasteiger partial charge in [-0.1, -0.05) is 12.1 Å². The van der Waals surface area contributed by atoms with Gasteiger partial charge >= 0.3 is 0 Å². The Morgan fingerprint density at radius 1 is 1.10 bits per heavy atom. The van der Waals surface area contributed by atoms with Gasteiger partial charge in [0.2, 0.25) is 0 Å². The minimum Gasteiger partial charge on any atom is -0.491 e. The Kier molecular flexibility index (Phi) is 4.99. The van der Waals surface area contributed by atoms with Crippen molar-refractivity contribution in [1.29, 1.82) is 5.26 Å². The summed E-state index contributed by atoms with van der Waals surface area (Å²) >= 11 is 0. The highest BCUT2D eigenvalue weighted by Gasteiger charge is 2.23. The lowest BCUT2D eigenvalue weighted by Crippen LogP contribution is -2.45. The Morgan fingerprint density at radius 3 is 2.20 bits per heavy atom. The van der Waals surface area contributed by atoms with Crippen LogP contribution >= 0.6 is 0 Å². The molecule has 4 nitrogen and oxygen atoms in total. The van der Waals surface area contributed by atoms with Crippen LogP contribution in [0.2, 0.25) is 0 Å². The largest absolute Gasteiger partial charge is 0.491 e. The van der Waals surface area contributed by atoms with Crippen molar-refractivity contribution in [1.82, 2.24) is 9.80 Å². The van der Waals surface area contributed by atoms with E-state index in [9.17, 15) is 5.26 Å². The van der Waals surface area contributed by atoms with E-state index < -0.39 is 0 Å². The number of hydrogen-bond acceptors (Lipinski definition) is 4. The number of nitrogens with zero attached hydrogens (tertiary/aromatic N) is 3. The number of rotatable bonds is 4. The van der Waals surface area contributed by atoms with Gasteiger partial charge in [0.1, 0.15) is 11.8 Å². The van der Waals surface area contributed by atoms with Gasteiger partial charge in [0.05, 0.1) is 12.2 Å². The Hall–Kier alpha value is -1.57. The highest BCUT2D eigenvalue weighted by atomic mass is 16.5. The number of nitriles is 1. The van der Waals surface area contributed by atoms with E-state index in [0.717, 1.165) is 37.5 Å². The molecular weight excluding hydrogens is 250 g/mol. The second-order valence-electron chi connectivity index (χ2n) is 5.61. The lowest BCUT2D eigenvalue weighted by Gasteiger charge is -2.35. The van der Waals surface area contributed by atoms with Gasteiger partial charge in [-0.05, 0) is 38.6 Å². The monoisotopic (exact) mass is 273 g/mol. The Labute approximate surface area is 121 Å². The molecule has 108 valence electrons. The maximum Gasteiger partial charge on any atom is 0.123 e. The van der Waals surface area contributed by atoms with Crippen molar-refractivity contribution in [3.63, 3.8) is 0 Å². The van der Waals surface area contributed by atoms with Gasteiger partial charge in [0, 0.05) is 26.2 Å². The van der Waals surface area contributed by atoms with E-state index in [1.807, 2.05) is 38.1 Å². The zero-order chi connectivity index (χ0) is 14.5. The van der Waals surface area contributed by atoms with Gasteiger partial charge in [0.15, 0.2) is 0 Å². The second kappa shape index (κ2) is 6.74. The summed E-state index contributed by atoms with van der Waals surface area (Å²) in [5.41, 5.74) is 1.05. The van der Waals surface area contributed by atoms with Crippen LogP contribution in [0.15, 0.2) is 24.3 Å². The van der Waals surface area contributed by atoms with Crippen molar-refractivity contribution in [3.05, 3.63) is 29.8 Å². The number of benzene rings is 1. The molecule has 0 amide bonds. The molecule has 1 aromatic carbocycles.